The molecule has 0 spiro atoms. The molecule has 3 heterocycles. The Hall–Kier alpha value is -2.21. The predicted molar refractivity (Wildman–Crippen MR) is 96.3 cm³/mol. The van der Waals surface area contributed by atoms with Crippen LogP contribution in [0.25, 0.3) is 11.2 Å². The zero-order chi connectivity index (χ0) is 19.4. The highest BCUT2D eigenvalue weighted by Crippen LogP contribution is 2.32. The summed E-state index contributed by atoms with van der Waals surface area (Å²) >= 11 is 0. The van der Waals surface area contributed by atoms with Gasteiger partial charge >= 0.3 is 0 Å². The Morgan fingerprint density at radius 1 is 1.22 bits per heavy atom. The van der Waals surface area contributed by atoms with Gasteiger partial charge in [0.05, 0.1) is 19.5 Å². The molecule has 1 fully saturated rings. The molecule has 0 aromatic carbocycles. The van der Waals surface area contributed by atoms with Gasteiger partial charge in [0.1, 0.15) is 23.8 Å². The Morgan fingerprint density at radius 3 is 2.74 bits per heavy atom. The van der Waals surface area contributed by atoms with Gasteiger partial charge in [0.25, 0.3) is 5.95 Å². The van der Waals surface area contributed by atoms with Crippen LogP contribution in [-0.2, 0) is 4.74 Å². The summed E-state index contributed by atoms with van der Waals surface area (Å²) in [5.41, 5.74) is 6.56. The summed E-state index contributed by atoms with van der Waals surface area (Å²) < 4.78 is 6.96. The summed E-state index contributed by atoms with van der Waals surface area (Å²) in [6.45, 7) is 2.30. The van der Waals surface area contributed by atoms with Crippen molar-refractivity contribution in [3.8, 4) is 0 Å². The number of aliphatic hydroxyl groups excluding tert-OH is 3. The average molecular weight is 379 g/mol. The van der Waals surface area contributed by atoms with Gasteiger partial charge in [-0.1, -0.05) is 26.2 Å². The molecule has 27 heavy (non-hydrogen) atoms. The van der Waals surface area contributed by atoms with E-state index in [0.29, 0.717) is 17.7 Å². The predicted octanol–water partition coefficient (Wildman–Crippen LogP) is 0.684. The van der Waals surface area contributed by atoms with E-state index in [1.54, 1.807) is 0 Å². The maximum absolute atomic E-state index is 10.2. The number of nitrogen functional groups attached to an aromatic ring is 1. The monoisotopic (exact) mass is 379 g/mol. The highest BCUT2D eigenvalue weighted by Gasteiger charge is 2.44. The summed E-state index contributed by atoms with van der Waals surface area (Å²) in [4.78, 5) is 12.5. The van der Waals surface area contributed by atoms with E-state index in [0.717, 1.165) is 25.7 Å². The Bertz CT molecular complexity index is 796. The molecule has 2 unspecified atom stereocenters. The minimum atomic E-state index is -1.25. The number of nitrogens with zero attached hydrogens (tertiary/aromatic N) is 6. The molecule has 1 aliphatic rings. The van der Waals surface area contributed by atoms with Crippen molar-refractivity contribution >= 4 is 22.9 Å². The van der Waals surface area contributed by atoms with Gasteiger partial charge in [-0.15, -0.1) is 5.11 Å². The van der Waals surface area contributed by atoms with Gasteiger partial charge in [0, 0.05) is 0 Å². The topological polar surface area (TPSA) is 164 Å². The molecule has 0 bridgehead atoms. The first kappa shape index (κ1) is 19.5. The first-order chi connectivity index (χ1) is 13.1. The summed E-state index contributed by atoms with van der Waals surface area (Å²) in [5, 5.41) is 37.5. The van der Waals surface area contributed by atoms with Crippen LogP contribution in [0.1, 0.15) is 38.8 Å². The van der Waals surface area contributed by atoms with E-state index in [1.165, 1.54) is 10.9 Å². The SMILES string of the molecule is CCCCCCN=Nc1nc(N)c2ncn([C@@H]3O[C@H](CO)C(O)C3O)c2n1. The number of imidazole rings is 1. The molecule has 148 valence electrons. The number of hydrogen-bond donors (Lipinski definition) is 4. The third-order valence-electron chi connectivity index (χ3n) is 4.50. The highest BCUT2D eigenvalue weighted by molar-refractivity contribution is 5.82. The smallest absolute Gasteiger partial charge is 0.272 e. The van der Waals surface area contributed by atoms with E-state index < -0.39 is 31.1 Å². The number of hydrogen-bond acceptors (Lipinski definition) is 10. The first-order valence-electron chi connectivity index (χ1n) is 9.06. The normalized spacial score (nSPS) is 25.8. The van der Waals surface area contributed by atoms with Gasteiger partial charge in [-0.3, -0.25) is 4.57 Å². The van der Waals surface area contributed by atoms with Crippen LogP contribution in [0, 0.1) is 0 Å². The standard InChI is InChI=1S/C16H25N7O4/c1-2-3-4-5-6-19-22-16-20-13(17)10-14(21-16)23(8-18-10)15-12(26)11(25)9(7-24)27-15/h8-9,11-12,15,24-26H,2-7H2,1H3,(H2,17,20,21)/t9-,11?,12?,15-/m1/s1. The molecule has 0 saturated carbocycles. The Kier molecular flexibility index (Phi) is 6.26. The van der Waals surface area contributed by atoms with Crippen molar-refractivity contribution in [2.45, 2.75) is 57.1 Å². The number of aliphatic hydroxyl groups is 3. The fourth-order valence-electron chi connectivity index (χ4n) is 2.99. The Balaban J connectivity index is 1.82. The minimum absolute atomic E-state index is 0.0870. The summed E-state index contributed by atoms with van der Waals surface area (Å²) in [5.74, 6) is 0.217. The van der Waals surface area contributed by atoms with Crippen LogP contribution in [0.2, 0.25) is 0 Å². The van der Waals surface area contributed by atoms with Gasteiger partial charge in [-0.2, -0.15) is 15.1 Å². The molecule has 2 aromatic heterocycles. The van der Waals surface area contributed by atoms with Crippen molar-refractivity contribution in [1.29, 1.82) is 0 Å². The lowest BCUT2D eigenvalue weighted by Crippen LogP contribution is -2.33. The molecule has 1 saturated heterocycles. The number of ether oxygens (including phenoxy) is 1. The zero-order valence-corrected chi connectivity index (χ0v) is 15.1. The van der Waals surface area contributed by atoms with Crippen LogP contribution in [0.15, 0.2) is 16.6 Å². The Morgan fingerprint density at radius 2 is 2.04 bits per heavy atom. The van der Waals surface area contributed by atoms with E-state index in [-0.39, 0.29) is 11.8 Å². The molecule has 11 heteroatoms. The number of anilines is 1. The molecule has 0 aliphatic carbocycles. The number of fused-ring (bicyclic) bond motifs is 1. The number of aromatic nitrogens is 4. The lowest BCUT2D eigenvalue weighted by Gasteiger charge is -2.16. The van der Waals surface area contributed by atoms with Crippen molar-refractivity contribution in [2.75, 3.05) is 18.9 Å². The van der Waals surface area contributed by atoms with Gasteiger partial charge in [-0.05, 0) is 6.42 Å². The number of azo groups is 1. The second-order valence-electron chi connectivity index (χ2n) is 6.49. The van der Waals surface area contributed by atoms with Gasteiger partial charge in [0.15, 0.2) is 17.7 Å². The van der Waals surface area contributed by atoms with Crippen molar-refractivity contribution in [3.63, 3.8) is 0 Å². The van der Waals surface area contributed by atoms with Crippen molar-refractivity contribution < 1.29 is 20.1 Å². The molecular formula is C16H25N7O4. The fourth-order valence-corrected chi connectivity index (χ4v) is 2.99. The van der Waals surface area contributed by atoms with Gasteiger partial charge < -0.3 is 25.8 Å². The van der Waals surface area contributed by atoms with Crippen LogP contribution in [-0.4, -0.2) is 66.3 Å². The fraction of sp³-hybridized carbons (Fsp3) is 0.688. The summed E-state index contributed by atoms with van der Waals surface area (Å²) in [6.07, 6.45) is 1.40. The molecule has 4 atom stereocenters. The molecule has 2 aromatic rings. The van der Waals surface area contributed by atoms with E-state index in [1.807, 2.05) is 0 Å². The van der Waals surface area contributed by atoms with Crippen LogP contribution < -0.4 is 5.73 Å². The summed E-state index contributed by atoms with van der Waals surface area (Å²) in [7, 11) is 0. The number of unbranched alkanes of at least 4 members (excludes halogenated alkanes) is 3. The second kappa shape index (κ2) is 8.65. The molecule has 3 rings (SSSR count). The first-order valence-corrected chi connectivity index (χ1v) is 9.06. The van der Waals surface area contributed by atoms with Crippen LogP contribution >= 0.6 is 0 Å². The number of nitrogens with two attached hydrogens (primary N) is 1. The molecule has 1 aliphatic heterocycles. The number of rotatable bonds is 8. The van der Waals surface area contributed by atoms with Gasteiger partial charge in [-0.25, -0.2) is 4.98 Å². The van der Waals surface area contributed by atoms with E-state index >= 15 is 0 Å². The molecule has 5 N–H and O–H groups in total. The molecular weight excluding hydrogens is 354 g/mol. The van der Waals surface area contributed by atoms with Crippen molar-refractivity contribution in [3.05, 3.63) is 6.33 Å². The van der Waals surface area contributed by atoms with E-state index in [4.69, 9.17) is 10.5 Å². The molecule has 11 nitrogen and oxygen atoms in total. The molecule has 0 radical (unpaired) electrons. The minimum Gasteiger partial charge on any atom is -0.394 e. The zero-order valence-electron chi connectivity index (χ0n) is 15.1. The third-order valence-corrected chi connectivity index (χ3v) is 4.50. The van der Waals surface area contributed by atoms with Crippen LogP contribution in [0.5, 0.6) is 0 Å². The van der Waals surface area contributed by atoms with Crippen molar-refractivity contribution in [2.24, 2.45) is 10.2 Å². The lowest BCUT2D eigenvalue weighted by atomic mass is 10.1. The third kappa shape index (κ3) is 4.05. The van der Waals surface area contributed by atoms with E-state index in [9.17, 15) is 15.3 Å². The van der Waals surface area contributed by atoms with E-state index in [2.05, 4.69) is 32.1 Å². The quantitative estimate of drug-likeness (QED) is 0.384. The van der Waals surface area contributed by atoms with Crippen LogP contribution in [0.4, 0.5) is 11.8 Å². The lowest BCUT2D eigenvalue weighted by molar-refractivity contribution is -0.0511. The summed E-state index contributed by atoms with van der Waals surface area (Å²) in [6, 6.07) is 0. The van der Waals surface area contributed by atoms with Crippen molar-refractivity contribution in [1.82, 2.24) is 19.5 Å². The average Bonchev–Trinajstić information content (AvgIpc) is 3.20. The molecule has 0 amide bonds. The Labute approximate surface area is 155 Å². The van der Waals surface area contributed by atoms with Crippen LogP contribution in [0.3, 0.4) is 0 Å². The maximum Gasteiger partial charge on any atom is 0.272 e. The largest absolute Gasteiger partial charge is 0.394 e. The van der Waals surface area contributed by atoms with Gasteiger partial charge in [0.2, 0.25) is 0 Å². The highest BCUT2D eigenvalue weighted by atomic mass is 16.6. The second-order valence-corrected chi connectivity index (χ2v) is 6.49. The maximum atomic E-state index is 10.2.